The minimum atomic E-state index is 0.293. The molecule has 270 valence electrons. The molecule has 0 spiro atoms. The Kier molecular flexibility index (Phi) is 6.72. The van der Waals surface area contributed by atoms with Crippen molar-refractivity contribution < 1.29 is 0 Å². The van der Waals surface area contributed by atoms with Gasteiger partial charge in [0.25, 0.3) is 0 Å². The van der Waals surface area contributed by atoms with Gasteiger partial charge in [-0.15, -0.1) is 11.3 Å². The van der Waals surface area contributed by atoms with Crippen molar-refractivity contribution in [3.8, 4) is 61.7 Å². The molecule has 1 unspecified atom stereocenters. The van der Waals surface area contributed by atoms with E-state index in [4.69, 9.17) is 9.97 Å². The maximum Gasteiger partial charge on any atom is 0.235 e. The van der Waals surface area contributed by atoms with Crippen LogP contribution >= 0.6 is 11.3 Å². The zero-order valence-corrected chi connectivity index (χ0v) is 32.2. The molecule has 58 heavy (non-hydrogen) atoms. The molecule has 0 fully saturated rings. The standard InChI is InChI=1S/C54H33N3S/c1-3-13-32(14-4-1)34-23-25-35(26-24-34)51-53-52(41-20-10-12-22-47(41)58-53)56-54(55-51)57-45-21-11-9-19-40(45)49-46(57)31-44-42-29-36(33-15-5-2-6-16-33)27-28-39(42)43-30-37-17-7-8-18-38(37)50(49)48(43)44/h1-29,31,43H,30H2. The van der Waals surface area contributed by atoms with Gasteiger partial charge in [-0.1, -0.05) is 158 Å². The summed E-state index contributed by atoms with van der Waals surface area (Å²) < 4.78 is 4.66. The number of benzene rings is 8. The number of para-hydroxylation sites is 1. The molecule has 3 aromatic heterocycles. The van der Waals surface area contributed by atoms with Crippen LogP contribution in [0.5, 0.6) is 0 Å². The molecule has 13 rings (SSSR count). The third-order valence-corrected chi connectivity index (χ3v) is 13.7. The summed E-state index contributed by atoms with van der Waals surface area (Å²) in [7, 11) is 0. The van der Waals surface area contributed by atoms with Gasteiger partial charge in [0, 0.05) is 32.3 Å². The minimum Gasteiger partial charge on any atom is -0.278 e. The van der Waals surface area contributed by atoms with E-state index in [2.05, 4.69) is 187 Å². The van der Waals surface area contributed by atoms with Crippen LogP contribution in [-0.4, -0.2) is 14.5 Å². The molecule has 4 heteroatoms. The molecule has 0 amide bonds. The first-order chi connectivity index (χ1) is 28.8. The number of thiophene rings is 1. The van der Waals surface area contributed by atoms with E-state index in [0.717, 1.165) is 44.3 Å². The molecule has 3 nitrogen and oxygen atoms in total. The number of rotatable bonds is 4. The SMILES string of the molecule is c1ccc(-c2ccc(-c3nc(-n4c5ccccc5c5c6c7c(cc54)-c4cc(-c5ccccc5)ccc4C7Cc4ccccc4-6)nc4c3sc3ccccc34)cc2)cc1. The Bertz CT molecular complexity index is 3470. The third-order valence-electron chi connectivity index (χ3n) is 12.6. The lowest BCUT2D eigenvalue weighted by Crippen LogP contribution is -2.10. The molecule has 0 saturated heterocycles. The smallest absolute Gasteiger partial charge is 0.235 e. The van der Waals surface area contributed by atoms with Gasteiger partial charge in [-0.3, -0.25) is 4.57 Å². The second-order valence-electron chi connectivity index (χ2n) is 15.6. The number of fused-ring (bicyclic) bond motifs is 12. The Morgan fingerprint density at radius 1 is 0.500 bits per heavy atom. The van der Waals surface area contributed by atoms with E-state index in [9.17, 15) is 0 Å². The number of nitrogens with zero attached hydrogens (tertiary/aromatic N) is 3. The fraction of sp³-hybridized carbons (Fsp3) is 0.0370. The zero-order valence-electron chi connectivity index (χ0n) is 31.4. The topological polar surface area (TPSA) is 30.7 Å². The fourth-order valence-electron chi connectivity index (χ4n) is 9.98. The van der Waals surface area contributed by atoms with Gasteiger partial charge >= 0.3 is 0 Å². The van der Waals surface area contributed by atoms with Gasteiger partial charge < -0.3 is 0 Å². The maximum atomic E-state index is 5.59. The Morgan fingerprint density at radius 2 is 1.16 bits per heavy atom. The summed E-state index contributed by atoms with van der Waals surface area (Å²) in [4.78, 5) is 11.1. The lowest BCUT2D eigenvalue weighted by atomic mass is 9.76. The van der Waals surface area contributed by atoms with Gasteiger partial charge in [0.2, 0.25) is 5.95 Å². The lowest BCUT2D eigenvalue weighted by Gasteiger charge is -2.26. The summed E-state index contributed by atoms with van der Waals surface area (Å²) in [5.74, 6) is 0.981. The molecule has 1 atom stereocenters. The zero-order chi connectivity index (χ0) is 37.9. The van der Waals surface area contributed by atoms with E-state index >= 15 is 0 Å². The van der Waals surface area contributed by atoms with E-state index in [1.165, 1.54) is 76.7 Å². The lowest BCUT2D eigenvalue weighted by molar-refractivity contribution is 0.817. The third kappa shape index (κ3) is 4.55. The van der Waals surface area contributed by atoms with Crippen molar-refractivity contribution >= 4 is 53.4 Å². The largest absolute Gasteiger partial charge is 0.278 e. The van der Waals surface area contributed by atoms with Crippen LogP contribution in [0.1, 0.15) is 22.6 Å². The average Bonchev–Trinajstić information content (AvgIpc) is 3.94. The van der Waals surface area contributed by atoms with Crippen LogP contribution in [0.3, 0.4) is 0 Å². The van der Waals surface area contributed by atoms with Crippen molar-refractivity contribution in [2.45, 2.75) is 12.3 Å². The highest BCUT2D eigenvalue weighted by Crippen LogP contribution is 2.58. The molecule has 2 aliphatic carbocycles. The number of aromatic nitrogens is 3. The van der Waals surface area contributed by atoms with Gasteiger partial charge in [0.05, 0.1) is 26.9 Å². The summed E-state index contributed by atoms with van der Waals surface area (Å²) in [6, 6.07) is 66.4. The summed E-state index contributed by atoms with van der Waals surface area (Å²) in [6.07, 6.45) is 0.995. The molecule has 0 N–H and O–H groups in total. The van der Waals surface area contributed by atoms with Crippen LogP contribution < -0.4 is 0 Å². The normalized spacial score (nSPS) is 14.0. The Morgan fingerprint density at radius 3 is 1.98 bits per heavy atom. The fourth-order valence-corrected chi connectivity index (χ4v) is 11.1. The van der Waals surface area contributed by atoms with E-state index < -0.39 is 0 Å². The van der Waals surface area contributed by atoms with Crippen molar-refractivity contribution in [3.05, 3.63) is 199 Å². The Balaban J connectivity index is 1.12. The van der Waals surface area contributed by atoms with Gasteiger partial charge in [0.1, 0.15) is 0 Å². The van der Waals surface area contributed by atoms with Crippen LogP contribution in [0.2, 0.25) is 0 Å². The van der Waals surface area contributed by atoms with E-state index in [-0.39, 0.29) is 0 Å². The maximum absolute atomic E-state index is 5.59. The first kappa shape index (κ1) is 32.0. The average molecular weight is 756 g/mol. The second kappa shape index (κ2) is 12.2. The molecule has 11 aromatic rings. The van der Waals surface area contributed by atoms with Gasteiger partial charge in [-0.2, -0.15) is 0 Å². The van der Waals surface area contributed by atoms with Crippen LogP contribution in [0.4, 0.5) is 0 Å². The Labute approximate surface area is 339 Å². The van der Waals surface area contributed by atoms with E-state index in [1.807, 2.05) is 0 Å². The van der Waals surface area contributed by atoms with Crippen molar-refractivity contribution in [2.75, 3.05) is 0 Å². The predicted octanol–water partition coefficient (Wildman–Crippen LogP) is 14.3. The highest BCUT2D eigenvalue weighted by Gasteiger charge is 2.38. The predicted molar refractivity (Wildman–Crippen MR) is 242 cm³/mol. The molecule has 0 aliphatic heterocycles. The molecule has 0 bridgehead atoms. The van der Waals surface area contributed by atoms with Crippen LogP contribution in [-0.2, 0) is 6.42 Å². The molecular formula is C54H33N3S. The minimum absolute atomic E-state index is 0.293. The van der Waals surface area contributed by atoms with Crippen molar-refractivity contribution in [2.24, 2.45) is 0 Å². The number of hydrogen-bond acceptors (Lipinski definition) is 3. The van der Waals surface area contributed by atoms with Crippen molar-refractivity contribution in [1.82, 2.24) is 14.5 Å². The quantitative estimate of drug-likeness (QED) is 0.179. The van der Waals surface area contributed by atoms with E-state index in [0.29, 0.717) is 11.9 Å². The highest BCUT2D eigenvalue weighted by molar-refractivity contribution is 7.26. The van der Waals surface area contributed by atoms with Crippen molar-refractivity contribution in [1.29, 1.82) is 0 Å². The van der Waals surface area contributed by atoms with Crippen LogP contribution in [0.25, 0.3) is 104 Å². The van der Waals surface area contributed by atoms with Crippen LogP contribution in [0.15, 0.2) is 182 Å². The molecule has 0 radical (unpaired) electrons. The first-order valence-corrected chi connectivity index (χ1v) is 20.8. The van der Waals surface area contributed by atoms with Crippen molar-refractivity contribution in [3.63, 3.8) is 0 Å². The molecular weight excluding hydrogens is 723 g/mol. The van der Waals surface area contributed by atoms with Crippen LogP contribution in [0, 0.1) is 0 Å². The first-order valence-electron chi connectivity index (χ1n) is 20.0. The summed E-state index contributed by atoms with van der Waals surface area (Å²) in [5, 5.41) is 3.65. The summed E-state index contributed by atoms with van der Waals surface area (Å²) in [6.45, 7) is 0. The highest BCUT2D eigenvalue weighted by atomic mass is 32.1. The van der Waals surface area contributed by atoms with Gasteiger partial charge in [0.15, 0.2) is 0 Å². The number of hydrogen-bond donors (Lipinski definition) is 0. The molecule has 2 aliphatic rings. The molecule has 8 aromatic carbocycles. The molecule has 0 saturated carbocycles. The van der Waals surface area contributed by atoms with E-state index in [1.54, 1.807) is 11.3 Å². The second-order valence-corrected chi connectivity index (χ2v) is 16.7. The summed E-state index contributed by atoms with van der Waals surface area (Å²) >= 11 is 1.78. The Hall–Kier alpha value is -7.14. The molecule has 3 heterocycles. The summed E-state index contributed by atoms with van der Waals surface area (Å²) in [5.41, 5.74) is 19.7. The van der Waals surface area contributed by atoms with Gasteiger partial charge in [-0.05, 0) is 91.9 Å². The van der Waals surface area contributed by atoms with Gasteiger partial charge in [-0.25, -0.2) is 9.97 Å². The monoisotopic (exact) mass is 755 g/mol.